The van der Waals surface area contributed by atoms with Crippen LogP contribution in [-0.4, -0.2) is 16.8 Å². The van der Waals surface area contributed by atoms with Gasteiger partial charge in [-0.1, -0.05) is 0 Å². The second-order valence-corrected chi connectivity index (χ2v) is 5.54. The Morgan fingerprint density at radius 2 is 1.64 bits per heavy atom. The second-order valence-electron chi connectivity index (χ2n) is 5.54. The minimum Gasteiger partial charge on any atom is -0.454 e. The molecule has 2 aromatic carbocycles. The van der Waals surface area contributed by atoms with Crippen molar-refractivity contribution < 1.29 is 13.9 Å². The molecule has 0 fully saturated rings. The molecule has 2 heterocycles. The first kappa shape index (κ1) is 15.2. The van der Waals surface area contributed by atoms with Gasteiger partial charge in [0.15, 0.2) is 11.5 Å². The molecular formula is C18H15FN4O2. The Hall–Kier alpha value is -3.35. The maximum Gasteiger partial charge on any atom is 0.231 e. The summed E-state index contributed by atoms with van der Waals surface area (Å²) in [4.78, 5) is 8.79. The van der Waals surface area contributed by atoms with Crippen LogP contribution in [0.2, 0.25) is 0 Å². The van der Waals surface area contributed by atoms with E-state index in [4.69, 9.17) is 9.47 Å². The summed E-state index contributed by atoms with van der Waals surface area (Å²) in [5.41, 5.74) is 2.33. The minimum atomic E-state index is -0.291. The van der Waals surface area contributed by atoms with Gasteiger partial charge in [-0.25, -0.2) is 9.37 Å². The van der Waals surface area contributed by atoms with Crippen LogP contribution in [0.5, 0.6) is 11.5 Å². The summed E-state index contributed by atoms with van der Waals surface area (Å²) in [7, 11) is 0. The van der Waals surface area contributed by atoms with Crippen LogP contribution < -0.4 is 20.1 Å². The molecule has 0 unspecified atom stereocenters. The lowest BCUT2D eigenvalue weighted by Crippen LogP contribution is -2.02. The van der Waals surface area contributed by atoms with E-state index in [1.165, 1.54) is 12.1 Å². The lowest BCUT2D eigenvalue weighted by Gasteiger charge is -2.10. The number of anilines is 4. The molecule has 1 aliphatic rings. The van der Waals surface area contributed by atoms with Crippen molar-refractivity contribution in [3.63, 3.8) is 0 Å². The van der Waals surface area contributed by atoms with E-state index in [0.717, 1.165) is 17.1 Å². The average molecular weight is 338 g/mol. The van der Waals surface area contributed by atoms with E-state index in [0.29, 0.717) is 23.2 Å². The van der Waals surface area contributed by atoms with E-state index in [9.17, 15) is 4.39 Å². The van der Waals surface area contributed by atoms with Crippen molar-refractivity contribution in [2.75, 3.05) is 17.4 Å². The third-order valence-corrected chi connectivity index (χ3v) is 3.60. The molecule has 0 saturated heterocycles. The summed E-state index contributed by atoms with van der Waals surface area (Å²) in [6.45, 7) is 2.11. The number of nitrogens with zero attached hydrogens (tertiary/aromatic N) is 2. The Balaban J connectivity index is 1.56. The van der Waals surface area contributed by atoms with E-state index in [2.05, 4.69) is 20.6 Å². The molecule has 0 saturated carbocycles. The molecule has 0 radical (unpaired) electrons. The fourth-order valence-corrected chi connectivity index (χ4v) is 2.47. The number of fused-ring (bicyclic) bond motifs is 1. The highest BCUT2D eigenvalue weighted by Crippen LogP contribution is 2.35. The molecular weight excluding hydrogens is 323 g/mol. The molecule has 0 aliphatic carbocycles. The number of nitrogens with one attached hydrogen (secondary N) is 2. The minimum absolute atomic E-state index is 0.233. The molecule has 4 rings (SSSR count). The molecule has 7 heteroatoms. The maximum atomic E-state index is 13.0. The molecule has 6 nitrogen and oxygen atoms in total. The van der Waals surface area contributed by atoms with Crippen LogP contribution in [-0.2, 0) is 0 Å². The van der Waals surface area contributed by atoms with Gasteiger partial charge in [-0.15, -0.1) is 0 Å². The predicted molar refractivity (Wildman–Crippen MR) is 92.3 cm³/mol. The normalized spacial score (nSPS) is 12.1. The van der Waals surface area contributed by atoms with Gasteiger partial charge in [-0.2, -0.15) is 4.98 Å². The van der Waals surface area contributed by atoms with Crippen LogP contribution in [0.3, 0.4) is 0 Å². The van der Waals surface area contributed by atoms with Gasteiger partial charge in [0.1, 0.15) is 11.6 Å². The van der Waals surface area contributed by atoms with Crippen molar-refractivity contribution in [2.24, 2.45) is 0 Å². The molecule has 0 spiro atoms. The van der Waals surface area contributed by atoms with E-state index in [1.807, 2.05) is 31.2 Å². The van der Waals surface area contributed by atoms with Gasteiger partial charge < -0.3 is 20.1 Å². The Labute approximate surface area is 143 Å². The topological polar surface area (TPSA) is 68.3 Å². The van der Waals surface area contributed by atoms with Crippen molar-refractivity contribution in [2.45, 2.75) is 6.92 Å². The highest BCUT2D eigenvalue weighted by atomic mass is 19.1. The van der Waals surface area contributed by atoms with Crippen LogP contribution in [0, 0.1) is 12.7 Å². The number of halogens is 1. The number of hydrogen-bond acceptors (Lipinski definition) is 6. The molecule has 25 heavy (non-hydrogen) atoms. The van der Waals surface area contributed by atoms with Crippen LogP contribution in [0.15, 0.2) is 48.5 Å². The highest BCUT2D eigenvalue weighted by molar-refractivity contribution is 5.63. The predicted octanol–water partition coefficient (Wildman–Crippen LogP) is 4.14. The fourth-order valence-electron chi connectivity index (χ4n) is 2.47. The quantitative estimate of drug-likeness (QED) is 0.745. The third-order valence-electron chi connectivity index (χ3n) is 3.60. The van der Waals surface area contributed by atoms with Crippen LogP contribution in [0.4, 0.5) is 27.5 Å². The van der Waals surface area contributed by atoms with Gasteiger partial charge in [-0.05, 0) is 43.3 Å². The van der Waals surface area contributed by atoms with Gasteiger partial charge in [0.25, 0.3) is 0 Å². The molecule has 1 aromatic heterocycles. The van der Waals surface area contributed by atoms with E-state index < -0.39 is 0 Å². The SMILES string of the molecule is Cc1cc(Nc2ccc3c(c2)OCO3)nc(Nc2ccc(F)cc2)n1. The van der Waals surface area contributed by atoms with Crippen LogP contribution >= 0.6 is 0 Å². The Morgan fingerprint density at radius 1 is 0.880 bits per heavy atom. The van der Waals surface area contributed by atoms with Gasteiger partial charge >= 0.3 is 0 Å². The zero-order valence-corrected chi connectivity index (χ0v) is 13.4. The number of rotatable bonds is 4. The first-order valence-corrected chi connectivity index (χ1v) is 7.71. The van der Waals surface area contributed by atoms with E-state index >= 15 is 0 Å². The summed E-state index contributed by atoms with van der Waals surface area (Å²) < 4.78 is 23.7. The van der Waals surface area contributed by atoms with Gasteiger partial charge in [-0.3, -0.25) is 0 Å². The van der Waals surface area contributed by atoms with Crippen molar-refractivity contribution in [3.8, 4) is 11.5 Å². The lowest BCUT2D eigenvalue weighted by atomic mass is 10.2. The summed E-state index contributed by atoms with van der Waals surface area (Å²) in [6, 6.07) is 13.4. The first-order valence-electron chi connectivity index (χ1n) is 7.71. The summed E-state index contributed by atoms with van der Waals surface area (Å²) in [6.07, 6.45) is 0. The summed E-state index contributed by atoms with van der Waals surface area (Å²) in [5, 5.41) is 6.29. The highest BCUT2D eigenvalue weighted by Gasteiger charge is 2.13. The number of aryl methyl sites for hydroxylation is 1. The molecule has 126 valence electrons. The Kier molecular flexibility index (Phi) is 3.81. The molecule has 0 bridgehead atoms. The van der Waals surface area contributed by atoms with Crippen molar-refractivity contribution in [1.29, 1.82) is 0 Å². The van der Waals surface area contributed by atoms with Crippen LogP contribution in [0.25, 0.3) is 0 Å². The fraction of sp³-hybridized carbons (Fsp3) is 0.111. The zero-order chi connectivity index (χ0) is 17.2. The molecule has 3 aromatic rings. The molecule has 0 atom stereocenters. The van der Waals surface area contributed by atoms with Gasteiger partial charge in [0, 0.05) is 29.2 Å². The van der Waals surface area contributed by atoms with Crippen LogP contribution in [0.1, 0.15) is 5.69 Å². The van der Waals surface area contributed by atoms with E-state index in [1.54, 1.807) is 12.1 Å². The molecule has 1 aliphatic heterocycles. The average Bonchev–Trinajstić information content (AvgIpc) is 3.04. The summed E-state index contributed by atoms with van der Waals surface area (Å²) in [5.74, 6) is 2.19. The zero-order valence-electron chi connectivity index (χ0n) is 13.4. The Morgan fingerprint density at radius 3 is 2.48 bits per heavy atom. The smallest absolute Gasteiger partial charge is 0.231 e. The van der Waals surface area contributed by atoms with Crippen molar-refractivity contribution in [1.82, 2.24) is 9.97 Å². The Bertz CT molecular complexity index is 915. The number of ether oxygens (including phenoxy) is 2. The monoisotopic (exact) mass is 338 g/mol. The summed E-state index contributed by atoms with van der Waals surface area (Å²) >= 11 is 0. The standard InChI is InChI=1S/C18H15FN4O2/c1-11-8-17(21-14-6-7-15-16(9-14)25-10-24-15)23-18(20-11)22-13-4-2-12(19)3-5-13/h2-9H,10H2,1H3,(H2,20,21,22,23). The van der Waals surface area contributed by atoms with Crippen molar-refractivity contribution >= 4 is 23.1 Å². The van der Waals surface area contributed by atoms with Crippen molar-refractivity contribution in [3.05, 3.63) is 60.0 Å². The molecule has 0 amide bonds. The van der Waals surface area contributed by atoms with Gasteiger partial charge in [0.05, 0.1) is 0 Å². The molecule has 2 N–H and O–H groups in total. The van der Waals surface area contributed by atoms with E-state index in [-0.39, 0.29) is 12.6 Å². The van der Waals surface area contributed by atoms with Gasteiger partial charge in [0.2, 0.25) is 12.7 Å². The number of aromatic nitrogens is 2. The largest absolute Gasteiger partial charge is 0.454 e. The lowest BCUT2D eigenvalue weighted by molar-refractivity contribution is 0.174. The maximum absolute atomic E-state index is 13.0. The third kappa shape index (κ3) is 3.45. The first-order chi connectivity index (χ1) is 12.2. The number of benzene rings is 2. The number of hydrogen-bond donors (Lipinski definition) is 2. The second kappa shape index (κ2) is 6.27.